The third-order valence-electron chi connectivity index (χ3n) is 4.85. The van der Waals surface area contributed by atoms with Crippen molar-refractivity contribution in [3.05, 3.63) is 77.1 Å². The van der Waals surface area contributed by atoms with Crippen LogP contribution in [0, 0.1) is 5.82 Å². The van der Waals surface area contributed by atoms with Gasteiger partial charge in [0.1, 0.15) is 10.0 Å². The molecular weight excluding hydrogens is 437 g/mol. The Bertz CT molecular complexity index is 1270. The van der Waals surface area contributed by atoms with Crippen LogP contribution in [0.3, 0.4) is 0 Å². The molecule has 0 unspecified atom stereocenters. The minimum absolute atomic E-state index is 0.290. The van der Waals surface area contributed by atoms with Crippen molar-refractivity contribution in [2.75, 3.05) is 18.3 Å². The number of aryl methyl sites for hydroxylation is 1. The lowest BCUT2D eigenvalue weighted by atomic mass is 10.1. The Labute approximate surface area is 184 Å². The van der Waals surface area contributed by atoms with Crippen LogP contribution in [0.25, 0.3) is 11.0 Å². The minimum atomic E-state index is -3.56. The number of benzene rings is 2. The summed E-state index contributed by atoms with van der Waals surface area (Å²) in [6.07, 6.45) is 1.59. The van der Waals surface area contributed by atoms with Crippen molar-refractivity contribution < 1.29 is 17.3 Å². The summed E-state index contributed by atoms with van der Waals surface area (Å²) in [5.74, 6) is -0.338. The minimum Gasteiger partial charge on any atom is -0.356 e. The Hall–Kier alpha value is -2.75. The number of halogens is 1. The maximum Gasteiger partial charge on any atom is 0.271 e. The average Bonchev–Trinajstić information content (AvgIpc) is 3.38. The molecule has 6 nitrogen and oxygen atoms in total. The molecule has 1 N–H and O–H groups in total. The molecule has 4 rings (SSSR count). The lowest BCUT2D eigenvalue weighted by Crippen LogP contribution is -2.20. The first kappa shape index (κ1) is 21.5. The standard InChI is InChI=1S/C22H22FN3O3S2/c1-26(11-3-7-20-19-10-9-17(23)14-21(19)29-24-20)15-16-5-2-6-18(13-16)25-31(27,28)22-8-4-12-30-22/h2,4-6,8-10,12-14,25H,3,7,11,15H2,1H3. The molecule has 0 saturated carbocycles. The highest BCUT2D eigenvalue weighted by Crippen LogP contribution is 2.22. The summed E-state index contributed by atoms with van der Waals surface area (Å²) in [5.41, 5.74) is 2.84. The van der Waals surface area contributed by atoms with Crippen LogP contribution in [0.2, 0.25) is 0 Å². The molecule has 2 heterocycles. The number of anilines is 1. The van der Waals surface area contributed by atoms with Crippen molar-refractivity contribution in [3.63, 3.8) is 0 Å². The monoisotopic (exact) mass is 459 g/mol. The van der Waals surface area contributed by atoms with E-state index in [1.54, 1.807) is 29.6 Å². The predicted molar refractivity (Wildman–Crippen MR) is 120 cm³/mol. The molecule has 0 spiro atoms. The second-order valence-corrected chi connectivity index (χ2v) is 10.2. The van der Waals surface area contributed by atoms with E-state index in [0.717, 1.165) is 36.0 Å². The van der Waals surface area contributed by atoms with Crippen LogP contribution in [0.5, 0.6) is 0 Å². The molecule has 0 radical (unpaired) electrons. The molecular formula is C22H22FN3O3S2. The highest BCUT2D eigenvalue weighted by atomic mass is 32.2. The highest BCUT2D eigenvalue weighted by Gasteiger charge is 2.15. The van der Waals surface area contributed by atoms with Crippen LogP contribution < -0.4 is 4.72 Å². The van der Waals surface area contributed by atoms with Crippen LogP contribution in [0.1, 0.15) is 17.7 Å². The number of thiophene rings is 1. The Balaban J connectivity index is 1.32. The number of sulfonamides is 1. The molecule has 162 valence electrons. The molecule has 0 aliphatic heterocycles. The Morgan fingerprint density at radius 2 is 2.03 bits per heavy atom. The second-order valence-electron chi connectivity index (χ2n) is 7.35. The van der Waals surface area contributed by atoms with Crippen molar-refractivity contribution >= 4 is 38.0 Å². The van der Waals surface area contributed by atoms with Gasteiger partial charge in [-0.2, -0.15) is 0 Å². The number of hydrogen-bond acceptors (Lipinski definition) is 6. The maximum absolute atomic E-state index is 13.3. The number of rotatable bonds is 9. The van der Waals surface area contributed by atoms with Gasteiger partial charge in [-0.05, 0) is 67.7 Å². The summed E-state index contributed by atoms with van der Waals surface area (Å²) < 4.78 is 46.2. The van der Waals surface area contributed by atoms with Gasteiger partial charge in [0.05, 0.1) is 5.69 Å². The Kier molecular flexibility index (Phi) is 6.35. The van der Waals surface area contributed by atoms with Crippen LogP contribution in [0.15, 0.2) is 68.7 Å². The van der Waals surface area contributed by atoms with Gasteiger partial charge in [-0.1, -0.05) is 23.4 Å². The molecule has 0 saturated heterocycles. The maximum atomic E-state index is 13.3. The van der Waals surface area contributed by atoms with Crippen molar-refractivity contribution in [2.24, 2.45) is 0 Å². The summed E-state index contributed by atoms with van der Waals surface area (Å²) in [4.78, 5) is 2.16. The van der Waals surface area contributed by atoms with Crippen molar-refractivity contribution in [1.82, 2.24) is 10.1 Å². The third kappa shape index (κ3) is 5.30. The molecule has 0 atom stereocenters. The summed E-state index contributed by atoms with van der Waals surface area (Å²) >= 11 is 1.18. The fourth-order valence-corrected chi connectivity index (χ4v) is 5.45. The molecule has 2 aromatic carbocycles. The van der Waals surface area contributed by atoms with Gasteiger partial charge in [0, 0.05) is 23.7 Å². The zero-order valence-electron chi connectivity index (χ0n) is 16.9. The van der Waals surface area contributed by atoms with Crippen LogP contribution in [0.4, 0.5) is 10.1 Å². The summed E-state index contributed by atoms with van der Waals surface area (Å²) in [7, 11) is -1.55. The largest absolute Gasteiger partial charge is 0.356 e. The molecule has 0 aliphatic carbocycles. The number of nitrogens with zero attached hydrogens (tertiary/aromatic N) is 2. The van der Waals surface area contributed by atoms with E-state index in [1.165, 1.54) is 23.5 Å². The molecule has 0 amide bonds. The van der Waals surface area contributed by atoms with Crippen molar-refractivity contribution in [3.8, 4) is 0 Å². The molecule has 0 bridgehead atoms. The average molecular weight is 460 g/mol. The van der Waals surface area contributed by atoms with E-state index >= 15 is 0 Å². The predicted octanol–water partition coefficient (Wildman–Crippen LogP) is 4.89. The molecule has 9 heteroatoms. The topological polar surface area (TPSA) is 75.4 Å². The van der Waals surface area contributed by atoms with Crippen molar-refractivity contribution in [1.29, 1.82) is 0 Å². The van der Waals surface area contributed by atoms with E-state index in [-0.39, 0.29) is 10.0 Å². The van der Waals surface area contributed by atoms with Crippen molar-refractivity contribution in [2.45, 2.75) is 23.6 Å². The second kappa shape index (κ2) is 9.17. The van der Waals surface area contributed by atoms with E-state index in [4.69, 9.17) is 4.52 Å². The van der Waals surface area contributed by atoms with Gasteiger partial charge >= 0.3 is 0 Å². The third-order valence-corrected chi connectivity index (χ3v) is 7.63. The first-order valence-corrected chi connectivity index (χ1v) is 12.1. The van der Waals surface area contributed by atoms with E-state index in [1.807, 2.05) is 25.2 Å². The zero-order chi connectivity index (χ0) is 21.8. The van der Waals surface area contributed by atoms with Gasteiger partial charge in [0.2, 0.25) is 0 Å². The number of fused-ring (bicyclic) bond motifs is 1. The van der Waals surface area contributed by atoms with Gasteiger partial charge in [-0.3, -0.25) is 4.72 Å². The lowest BCUT2D eigenvalue weighted by Gasteiger charge is -2.17. The van der Waals surface area contributed by atoms with Crippen LogP contribution in [-0.2, 0) is 23.0 Å². The van der Waals surface area contributed by atoms with Gasteiger partial charge in [0.25, 0.3) is 10.0 Å². The molecule has 4 aromatic rings. The quantitative estimate of drug-likeness (QED) is 0.386. The van der Waals surface area contributed by atoms with E-state index in [2.05, 4.69) is 14.8 Å². The summed E-state index contributed by atoms with van der Waals surface area (Å²) in [6, 6.07) is 15.2. The first-order valence-electron chi connectivity index (χ1n) is 9.78. The van der Waals surface area contributed by atoms with Gasteiger partial charge < -0.3 is 9.42 Å². The lowest BCUT2D eigenvalue weighted by molar-refractivity contribution is 0.320. The fraction of sp³-hybridized carbons (Fsp3) is 0.227. The van der Waals surface area contributed by atoms with Gasteiger partial charge in [-0.15, -0.1) is 11.3 Å². The smallest absolute Gasteiger partial charge is 0.271 e. The van der Waals surface area contributed by atoms with E-state index in [9.17, 15) is 12.8 Å². The van der Waals surface area contributed by atoms with Gasteiger partial charge in [0.15, 0.2) is 5.58 Å². The van der Waals surface area contributed by atoms with E-state index < -0.39 is 10.0 Å². The Morgan fingerprint density at radius 1 is 1.16 bits per heavy atom. The highest BCUT2D eigenvalue weighted by molar-refractivity contribution is 7.94. The van der Waals surface area contributed by atoms with Crippen LogP contribution in [-0.4, -0.2) is 32.1 Å². The molecule has 0 fully saturated rings. The van der Waals surface area contributed by atoms with E-state index in [0.29, 0.717) is 17.8 Å². The SMILES string of the molecule is CN(CCCc1noc2cc(F)ccc12)Cc1cccc(NS(=O)(=O)c2cccs2)c1. The van der Waals surface area contributed by atoms with Gasteiger partial charge in [-0.25, -0.2) is 12.8 Å². The first-order chi connectivity index (χ1) is 14.9. The molecule has 0 aliphatic rings. The Morgan fingerprint density at radius 3 is 2.84 bits per heavy atom. The summed E-state index contributed by atoms with van der Waals surface area (Å²) in [5, 5.41) is 6.64. The summed E-state index contributed by atoms with van der Waals surface area (Å²) in [6.45, 7) is 1.50. The number of nitrogens with one attached hydrogen (secondary N) is 1. The number of aromatic nitrogens is 1. The zero-order valence-corrected chi connectivity index (χ0v) is 18.5. The molecule has 2 aromatic heterocycles. The molecule has 31 heavy (non-hydrogen) atoms. The van der Waals surface area contributed by atoms with Crippen LogP contribution >= 0.6 is 11.3 Å². The number of hydrogen-bond donors (Lipinski definition) is 1. The fourth-order valence-electron chi connectivity index (χ4n) is 3.41. The normalized spacial score (nSPS) is 12.0.